The van der Waals surface area contributed by atoms with E-state index in [0.717, 1.165) is 32.0 Å². The molecule has 1 saturated heterocycles. The molecule has 5 heteroatoms. The lowest BCUT2D eigenvalue weighted by Crippen LogP contribution is -2.36. The molecular weight excluding hydrogens is 278 g/mol. The van der Waals surface area contributed by atoms with Crippen molar-refractivity contribution in [2.75, 3.05) is 36.5 Å². The molecule has 1 aromatic rings. The van der Waals surface area contributed by atoms with Gasteiger partial charge in [0.2, 0.25) is 5.91 Å². The maximum absolute atomic E-state index is 12.3. The van der Waals surface area contributed by atoms with E-state index in [1.807, 2.05) is 18.3 Å². The van der Waals surface area contributed by atoms with E-state index in [9.17, 15) is 4.79 Å². The summed E-state index contributed by atoms with van der Waals surface area (Å²) in [5, 5.41) is 3.00. The highest BCUT2D eigenvalue weighted by Crippen LogP contribution is 2.55. The molecule has 4 rings (SSSR count). The van der Waals surface area contributed by atoms with E-state index in [0.29, 0.717) is 17.7 Å². The molecule has 2 aliphatic carbocycles. The van der Waals surface area contributed by atoms with Crippen molar-refractivity contribution in [3.8, 4) is 0 Å². The molecule has 5 nitrogen and oxygen atoms in total. The van der Waals surface area contributed by atoms with Crippen molar-refractivity contribution < 1.29 is 9.53 Å². The van der Waals surface area contributed by atoms with Crippen LogP contribution >= 0.6 is 0 Å². The highest BCUT2D eigenvalue weighted by molar-refractivity contribution is 5.94. The third-order valence-electron chi connectivity index (χ3n) is 5.33. The molecule has 22 heavy (non-hydrogen) atoms. The summed E-state index contributed by atoms with van der Waals surface area (Å²) in [6.07, 6.45) is 6.88. The predicted molar refractivity (Wildman–Crippen MR) is 84.8 cm³/mol. The van der Waals surface area contributed by atoms with Gasteiger partial charge in [-0.15, -0.1) is 0 Å². The van der Waals surface area contributed by atoms with E-state index in [2.05, 4.69) is 15.2 Å². The van der Waals surface area contributed by atoms with E-state index in [-0.39, 0.29) is 11.8 Å². The van der Waals surface area contributed by atoms with Gasteiger partial charge in [-0.25, -0.2) is 4.98 Å². The van der Waals surface area contributed by atoms with Crippen molar-refractivity contribution in [2.24, 2.45) is 17.8 Å². The Balaban J connectivity index is 1.36. The molecule has 0 radical (unpaired) electrons. The number of morpholine rings is 1. The zero-order chi connectivity index (χ0) is 14.9. The van der Waals surface area contributed by atoms with Crippen LogP contribution in [0.25, 0.3) is 0 Å². The average Bonchev–Trinajstić information content (AvgIpc) is 3.31. The summed E-state index contributed by atoms with van der Waals surface area (Å²) in [6.45, 7) is 3.34. The number of hydrogen-bond donors (Lipinski definition) is 1. The second kappa shape index (κ2) is 5.88. The quantitative estimate of drug-likeness (QED) is 0.930. The Hall–Kier alpha value is -1.62. The minimum atomic E-state index is 0.170. The fraction of sp³-hybridized carbons (Fsp3) is 0.647. The number of nitrogens with zero attached hydrogens (tertiary/aromatic N) is 2. The molecule has 3 fully saturated rings. The Morgan fingerprint density at radius 3 is 2.55 bits per heavy atom. The van der Waals surface area contributed by atoms with Gasteiger partial charge in [-0.2, -0.15) is 0 Å². The summed E-state index contributed by atoms with van der Waals surface area (Å²) >= 11 is 0. The maximum Gasteiger partial charge on any atom is 0.229 e. The van der Waals surface area contributed by atoms with Crippen molar-refractivity contribution in [2.45, 2.75) is 25.7 Å². The highest BCUT2D eigenvalue weighted by Gasteiger charge is 2.54. The zero-order valence-corrected chi connectivity index (χ0v) is 12.8. The van der Waals surface area contributed by atoms with Gasteiger partial charge in [-0.3, -0.25) is 4.79 Å². The lowest BCUT2D eigenvalue weighted by atomic mass is 10.0. The number of fused-ring (bicyclic) bond motifs is 1. The van der Waals surface area contributed by atoms with Crippen LogP contribution in [0.4, 0.5) is 11.5 Å². The van der Waals surface area contributed by atoms with Crippen LogP contribution in [0.3, 0.4) is 0 Å². The topological polar surface area (TPSA) is 54.5 Å². The summed E-state index contributed by atoms with van der Waals surface area (Å²) in [7, 11) is 0. The molecule has 1 amide bonds. The molecule has 1 aromatic heterocycles. The largest absolute Gasteiger partial charge is 0.378 e. The average molecular weight is 301 g/mol. The number of carbonyl (C=O) groups is 1. The second-order valence-electron chi connectivity index (χ2n) is 6.63. The molecule has 1 N–H and O–H groups in total. The number of pyridine rings is 1. The van der Waals surface area contributed by atoms with Gasteiger partial charge in [-0.1, -0.05) is 12.8 Å². The van der Waals surface area contributed by atoms with Crippen LogP contribution in [0, 0.1) is 17.8 Å². The zero-order valence-electron chi connectivity index (χ0n) is 12.8. The lowest BCUT2D eigenvalue weighted by Gasteiger charge is -2.28. The number of nitrogens with one attached hydrogen (secondary N) is 1. The summed E-state index contributed by atoms with van der Waals surface area (Å²) in [5.41, 5.74) is 1.10. The monoisotopic (exact) mass is 301 g/mol. The third-order valence-corrected chi connectivity index (χ3v) is 5.33. The standard InChI is InChI=1S/C17H23N3O2/c21-17(16-13-3-1-2-4-14(13)16)19-15-6-5-12(11-18-15)20-7-9-22-10-8-20/h5-6,11,13-14,16H,1-4,7-10H2,(H,18,19,21). The van der Waals surface area contributed by atoms with Gasteiger partial charge in [0.05, 0.1) is 25.1 Å². The Bertz CT molecular complexity index is 527. The molecule has 0 bridgehead atoms. The molecule has 2 saturated carbocycles. The van der Waals surface area contributed by atoms with Crippen LogP contribution < -0.4 is 10.2 Å². The first-order chi connectivity index (χ1) is 10.8. The first-order valence-electron chi connectivity index (χ1n) is 8.42. The van der Waals surface area contributed by atoms with E-state index in [1.165, 1.54) is 25.7 Å². The number of carbonyl (C=O) groups excluding carboxylic acids is 1. The van der Waals surface area contributed by atoms with Gasteiger partial charge >= 0.3 is 0 Å². The summed E-state index contributed by atoms with van der Waals surface area (Å²) in [5.74, 6) is 2.36. The van der Waals surface area contributed by atoms with Crippen molar-refractivity contribution in [1.29, 1.82) is 0 Å². The molecule has 118 valence electrons. The van der Waals surface area contributed by atoms with Crippen molar-refractivity contribution in [3.63, 3.8) is 0 Å². The summed E-state index contributed by atoms with van der Waals surface area (Å²) in [6, 6.07) is 3.95. The van der Waals surface area contributed by atoms with Crippen LogP contribution in [0.2, 0.25) is 0 Å². The molecule has 2 atom stereocenters. The van der Waals surface area contributed by atoms with Crippen molar-refractivity contribution in [3.05, 3.63) is 18.3 Å². The molecule has 0 spiro atoms. The normalized spacial score (nSPS) is 30.5. The molecule has 0 aromatic carbocycles. The van der Waals surface area contributed by atoms with Gasteiger partial charge in [0, 0.05) is 19.0 Å². The van der Waals surface area contributed by atoms with E-state index < -0.39 is 0 Å². The van der Waals surface area contributed by atoms with Crippen LogP contribution in [-0.4, -0.2) is 37.2 Å². The van der Waals surface area contributed by atoms with Crippen molar-refractivity contribution >= 4 is 17.4 Å². The molecule has 2 unspecified atom stereocenters. The molecule has 3 aliphatic rings. The van der Waals surface area contributed by atoms with Crippen LogP contribution in [-0.2, 0) is 9.53 Å². The first kappa shape index (κ1) is 14.0. The summed E-state index contributed by atoms with van der Waals surface area (Å²) in [4.78, 5) is 19.0. The van der Waals surface area contributed by atoms with E-state index >= 15 is 0 Å². The number of rotatable bonds is 3. The van der Waals surface area contributed by atoms with Crippen LogP contribution in [0.5, 0.6) is 0 Å². The van der Waals surface area contributed by atoms with Gasteiger partial charge in [0.1, 0.15) is 5.82 Å². The van der Waals surface area contributed by atoms with Crippen molar-refractivity contribution in [1.82, 2.24) is 4.98 Å². The van der Waals surface area contributed by atoms with Gasteiger partial charge in [0.25, 0.3) is 0 Å². The Morgan fingerprint density at radius 1 is 1.18 bits per heavy atom. The Labute approximate surface area is 131 Å². The second-order valence-corrected chi connectivity index (χ2v) is 6.63. The number of anilines is 2. The fourth-order valence-electron chi connectivity index (χ4n) is 4.06. The SMILES string of the molecule is O=C(Nc1ccc(N2CCOCC2)cn1)C1C2CCCCC21. The predicted octanol–water partition coefficient (Wildman–Crippen LogP) is 2.29. The van der Waals surface area contributed by atoms with Gasteiger partial charge in [0.15, 0.2) is 0 Å². The Kier molecular flexibility index (Phi) is 3.74. The van der Waals surface area contributed by atoms with Gasteiger partial charge in [-0.05, 0) is 36.8 Å². The van der Waals surface area contributed by atoms with E-state index in [1.54, 1.807) is 0 Å². The lowest BCUT2D eigenvalue weighted by molar-refractivity contribution is -0.117. The molecular formula is C17H23N3O2. The summed E-state index contributed by atoms with van der Waals surface area (Å²) < 4.78 is 5.36. The number of aromatic nitrogens is 1. The Morgan fingerprint density at radius 2 is 1.91 bits per heavy atom. The molecule has 1 aliphatic heterocycles. The smallest absolute Gasteiger partial charge is 0.229 e. The van der Waals surface area contributed by atoms with E-state index in [4.69, 9.17) is 4.74 Å². The number of ether oxygens (including phenoxy) is 1. The van der Waals surface area contributed by atoms with Crippen LogP contribution in [0.15, 0.2) is 18.3 Å². The number of amides is 1. The fourth-order valence-corrected chi connectivity index (χ4v) is 4.06. The third kappa shape index (κ3) is 2.70. The highest BCUT2D eigenvalue weighted by atomic mass is 16.5. The minimum Gasteiger partial charge on any atom is -0.378 e. The maximum atomic E-state index is 12.3. The minimum absolute atomic E-state index is 0.170. The first-order valence-corrected chi connectivity index (χ1v) is 8.42. The number of hydrogen-bond acceptors (Lipinski definition) is 4. The van der Waals surface area contributed by atoms with Crippen LogP contribution in [0.1, 0.15) is 25.7 Å². The van der Waals surface area contributed by atoms with Gasteiger partial charge < -0.3 is 15.0 Å². The molecule has 2 heterocycles.